The third-order valence-electron chi connectivity index (χ3n) is 3.18. The van der Waals surface area contributed by atoms with Crippen molar-refractivity contribution in [2.24, 2.45) is 0 Å². The largest absolute Gasteiger partial charge is 0.394 e. The van der Waals surface area contributed by atoms with E-state index in [4.69, 9.17) is 25.5 Å². The van der Waals surface area contributed by atoms with Crippen LogP contribution in [0.25, 0.3) is 0 Å². The predicted octanol–water partition coefficient (Wildman–Crippen LogP) is -5.73. The second-order valence-electron chi connectivity index (χ2n) is 4.86. The van der Waals surface area contributed by atoms with Crippen molar-refractivity contribution in [1.82, 2.24) is 10.6 Å². The molecule has 0 radical (unpaired) electrons. The molecule has 0 aromatic heterocycles. The molecular formula is C11H26N2O8. The van der Waals surface area contributed by atoms with Gasteiger partial charge in [-0.2, -0.15) is 0 Å². The predicted molar refractivity (Wildman–Crippen MR) is 71.1 cm³/mol. The van der Waals surface area contributed by atoms with E-state index >= 15 is 0 Å². The first-order chi connectivity index (χ1) is 9.87. The zero-order valence-corrected chi connectivity index (χ0v) is 11.6. The molecule has 0 aliphatic rings. The Kier molecular flexibility index (Phi) is 10.1. The first kappa shape index (κ1) is 20.6. The van der Waals surface area contributed by atoms with Crippen LogP contribution in [0.5, 0.6) is 0 Å². The Labute approximate surface area is 122 Å². The summed E-state index contributed by atoms with van der Waals surface area (Å²) in [5.41, 5.74) is -1.27. The van der Waals surface area contributed by atoms with E-state index in [-0.39, 0.29) is 13.2 Å². The molecule has 0 saturated heterocycles. The molecule has 0 amide bonds. The summed E-state index contributed by atoms with van der Waals surface area (Å²) in [6.45, 7) is -2.46. The Morgan fingerprint density at radius 3 is 1.67 bits per heavy atom. The van der Waals surface area contributed by atoms with Gasteiger partial charge < -0.3 is 46.2 Å². The van der Waals surface area contributed by atoms with Crippen LogP contribution >= 0.6 is 0 Å². The smallest absolute Gasteiger partial charge is 0.111 e. The second-order valence-corrected chi connectivity index (χ2v) is 4.86. The van der Waals surface area contributed by atoms with E-state index in [2.05, 4.69) is 10.6 Å². The molecule has 10 nitrogen and oxygen atoms in total. The quantitative estimate of drug-likeness (QED) is 0.123. The third kappa shape index (κ3) is 6.48. The Bertz CT molecular complexity index is 258. The van der Waals surface area contributed by atoms with Crippen LogP contribution in [0.4, 0.5) is 0 Å². The van der Waals surface area contributed by atoms with Gasteiger partial charge in [0.15, 0.2) is 0 Å². The molecule has 10 heteroatoms. The summed E-state index contributed by atoms with van der Waals surface area (Å²) in [7, 11) is 0. The van der Waals surface area contributed by atoms with Crippen molar-refractivity contribution >= 4 is 0 Å². The maximum Gasteiger partial charge on any atom is 0.111 e. The van der Waals surface area contributed by atoms with Gasteiger partial charge >= 0.3 is 0 Å². The van der Waals surface area contributed by atoms with E-state index in [9.17, 15) is 15.3 Å². The van der Waals surface area contributed by atoms with E-state index in [0.717, 1.165) is 0 Å². The molecule has 128 valence electrons. The highest BCUT2D eigenvalue weighted by Gasteiger charge is 2.30. The molecule has 4 atom stereocenters. The fourth-order valence-corrected chi connectivity index (χ4v) is 1.47. The molecule has 0 spiro atoms. The summed E-state index contributed by atoms with van der Waals surface area (Å²) in [6, 6.07) is 0. The Morgan fingerprint density at radius 2 is 1.24 bits per heavy atom. The summed E-state index contributed by atoms with van der Waals surface area (Å²) < 4.78 is 0. The van der Waals surface area contributed by atoms with Crippen molar-refractivity contribution in [2.75, 3.05) is 39.6 Å². The van der Waals surface area contributed by atoms with E-state index in [1.165, 1.54) is 0 Å². The monoisotopic (exact) mass is 314 g/mol. The number of nitrogens with one attached hydrogen (secondary N) is 2. The molecule has 0 heterocycles. The molecule has 10 N–H and O–H groups in total. The van der Waals surface area contributed by atoms with Crippen LogP contribution in [-0.4, -0.2) is 110 Å². The van der Waals surface area contributed by atoms with Crippen molar-refractivity contribution in [3.8, 4) is 0 Å². The lowest BCUT2D eigenvalue weighted by Gasteiger charge is -2.30. The molecule has 0 aromatic rings. The molecule has 21 heavy (non-hydrogen) atoms. The Morgan fingerprint density at radius 1 is 0.762 bits per heavy atom. The molecule has 0 aliphatic carbocycles. The van der Waals surface area contributed by atoms with Crippen molar-refractivity contribution in [3.05, 3.63) is 0 Å². The number of hydrogen-bond donors (Lipinski definition) is 10. The van der Waals surface area contributed by atoms with E-state index < -0.39 is 56.4 Å². The molecule has 0 rings (SSSR count). The minimum absolute atomic E-state index is 0.00981. The maximum atomic E-state index is 9.59. The van der Waals surface area contributed by atoms with Gasteiger partial charge in [-0.3, -0.25) is 5.32 Å². The number of aliphatic hydroxyl groups is 8. The van der Waals surface area contributed by atoms with Gasteiger partial charge in [0.1, 0.15) is 18.3 Å². The maximum absolute atomic E-state index is 9.59. The molecule has 0 saturated carbocycles. The lowest BCUT2D eigenvalue weighted by molar-refractivity contribution is -0.114. The average Bonchev–Trinajstić information content (AvgIpc) is 2.53. The van der Waals surface area contributed by atoms with Crippen molar-refractivity contribution < 1.29 is 40.9 Å². The number of aliphatic hydroxyl groups excluding tert-OH is 8. The van der Waals surface area contributed by atoms with Crippen molar-refractivity contribution in [3.63, 3.8) is 0 Å². The van der Waals surface area contributed by atoms with Gasteiger partial charge in [0.2, 0.25) is 0 Å². The normalized spacial score (nSPS) is 18.3. The summed E-state index contributed by atoms with van der Waals surface area (Å²) in [5.74, 6) is 0. The van der Waals surface area contributed by atoms with Gasteiger partial charge in [-0.05, 0) is 0 Å². The highest BCUT2D eigenvalue weighted by atomic mass is 16.4. The number of rotatable bonds is 12. The minimum atomic E-state index is -1.70. The Hall–Kier alpha value is -0.400. The molecule has 0 bridgehead atoms. The van der Waals surface area contributed by atoms with Crippen LogP contribution in [0.1, 0.15) is 0 Å². The molecule has 0 aliphatic heterocycles. The zero-order valence-electron chi connectivity index (χ0n) is 11.6. The molecule has 0 aromatic carbocycles. The van der Waals surface area contributed by atoms with Gasteiger partial charge in [0, 0.05) is 13.2 Å². The topological polar surface area (TPSA) is 186 Å². The van der Waals surface area contributed by atoms with Crippen LogP contribution in [-0.2, 0) is 0 Å². The summed E-state index contributed by atoms with van der Waals surface area (Å²) in [6.07, 6.45) is -6.36. The van der Waals surface area contributed by atoms with Gasteiger partial charge in [-0.15, -0.1) is 0 Å². The van der Waals surface area contributed by atoms with Gasteiger partial charge in [-0.25, -0.2) is 0 Å². The molecule has 0 fully saturated rings. The highest BCUT2D eigenvalue weighted by Crippen LogP contribution is 2.04. The minimum Gasteiger partial charge on any atom is -0.394 e. The third-order valence-corrected chi connectivity index (χ3v) is 3.18. The highest BCUT2D eigenvalue weighted by molar-refractivity contribution is 4.86. The van der Waals surface area contributed by atoms with E-state index in [1.807, 2.05) is 0 Å². The second kappa shape index (κ2) is 10.3. The molecular weight excluding hydrogens is 288 g/mol. The average molecular weight is 314 g/mol. The van der Waals surface area contributed by atoms with Crippen molar-refractivity contribution in [2.45, 2.75) is 30.0 Å². The SMILES string of the molecule is OC[C@@H](O)[C@@H](O)[C@H](O)[C@@H](O)CNCNC(CO)(CO)CO. The van der Waals surface area contributed by atoms with Crippen LogP contribution in [0.2, 0.25) is 0 Å². The van der Waals surface area contributed by atoms with Crippen LogP contribution in [0.3, 0.4) is 0 Å². The van der Waals surface area contributed by atoms with Gasteiger partial charge in [0.05, 0.1) is 38.1 Å². The van der Waals surface area contributed by atoms with Gasteiger partial charge in [-0.1, -0.05) is 0 Å². The van der Waals surface area contributed by atoms with Crippen LogP contribution in [0, 0.1) is 0 Å². The first-order valence-corrected chi connectivity index (χ1v) is 6.49. The zero-order chi connectivity index (χ0) is 16.5. The fraction of sp³-hybridized carbons (Fsp3) is 1.00. The van der Waals surface area contributed by atoms with Crippen LogP contribution in [0.15, 0.2) is 0 Å². The fourth-order valence-electron chi connectivity index (χ4n) is 1.47. The summed E-state index contributed by atoms with van der Waals surface area (Å²) in [5, 5.41) is 78.7. The standard InChI is InChI=1S/C11H26N2O8/c14-2-8(19)10(21)9(20)7(18)1-12-6-13-11(3-15,4-16)5-17/h7-10,12-21H,1-6H2/t7-,8+,9+,10+/m0/s1. The van der Waals surface area contributed by atoms with Crippen molar-refractivity contribution in [1.29, 1.82) is 0 Å². The lowest BCUT2D eigenvalue weighted by Crippen LogP contribution is -2.58. The van der Waals surface area contributed by atoms with E-state index in [0.29, 0.717) is 0 Å². The first-order valence-electron chi connectivity index (χ1n) is 6.49. The summed E-state index contributed by atoms with van der Waals surface area (Å²) in [4.78, 5) is 0. The lowest BCUT2D eigenvalue weighted by atomic mass is 10.0. The summed E-state index contributed by atoms with van der Waals surface area (Å²) >= 11 is 0. The van der Waals surface area contributed by atoms with Crippen LogP contribution < -0.4 is 10.6 Å². The Balaban J connectivity index is 4.11. The van der Waals surface area contributed by atoms with E-state index in [1.54, 1.807) is 0 Å². The van der Waals surface area contributed by atoms with Gasteiger partial charge in [0.25, 0.3) is 0 Å². The molecule has 0 unspecified atom stereocenters. The number of hydrogen-bond acceptors (Lipinski definition) is 10.